The lowest BCUT2D eigenvalue weighted by molar-refractivity contribution is -0.146. The SMILES string of the molecule is COC(=O)C(C)(C)NC(=O)c1ccc(N2C(=O)CCC2=O)cc1. The predicted molar refractivity (Wildman–Crippen MR) is 81.7 cm³/mol. The van der Waals surface area contributed by atoms with Crippen molar-refractivity contribution in [3.63, 3.8) is 0 Å². The zero-order valence-electron chi connectivity index (χ0n) is 13.2. The fourth-order valence-electron chi connectivity index (χ4n) is 2.29. The Kier molecular flexibility index (Phi) is 4.49. The number of hydrogen-bond acceptors (Lipinski definition) is 5. The molecule has 2 rings (SSSR count). The van der Waals surface area contributed by atoms with Crippen LogP contribution >= 0.6 is 0 Å². The first kappa shape index (κ1) is 16.7. The highest BCUT2D eigenvalue weighted by Crippen LogP contribution is 2.23. The van der Waals surface area contributed by atoms with Crippen LogP contribution < -0.4 is 10.2 Å². The fourth-order valence-corrected chi connectivity index (χ4v) is 2.29. The van der Waals surface area contributed by atoms with Gasteiger partial charge in [-0.3, -0.25) is 19.3 Å². The lowest BCUT2D eigenvalue weighted by Crippen LogP contribution is -2.50. The molecular formula is C16H18N2O5. The van der Waals surface area contributed by atoms with Gasteiger partial charge in [-0.15, -0.1) is 0 Å². The molecule has 1 heterocycles. The van der Waals surface area contributed by atoms with E-state index in [1.54, 1.807) is 0 Å². The lowest BCUT2D eigenvalue weighted by atomic mass is 10.0. The number of carbonyl (C=O) groups excluding carboxylic acids is 4. The Labute approximate surface area is 133 Å². The van der Waals surface area contributed by atoms with Crippen molar-refractivity contribution in [2.45, 2.75) is 32.2 Å². The van der Waals surface area contributed by atoms with E-state index in [9.17, 15) is 19.2 Å². The van der Waals surface area contributed by atoms with Crippen molar-refractivity contribution < 1.29 is 23.9 Å². The van der Waals surface area contributed by atoms with Gasteiger partial charge in [0.2, 0.25) is 11.8 Å². The molecule has 0 radical (unpaired) electrons. The fraction of sp³-hybridized carbons (Fsp3) is 0.375. The molecule has 0 unspecified atom stereocenters. The third-order valence-electron chi connectivity index (χ3n) is 3.56. The summed E-state index contributed by atoms with van der Waals surface area (Å²) in [5, 5.41) is 2.57. The van der Waals surface area contributed by atoms with Crippen LogP contribution in [0.3, 0.4) is 0 Å². The summed E-state index contributed by atoms with van der Waals surface area (Å²) in [7, 11) is 1.25. The summed E-state index contributed by atoms with van der Waals surface area (Å²) >= 11 is 0. The summed E-state index contributed by atoms with van der Waals surface area (Å²) in [5.74, 6) is -1.51. The van der Waals surface area contributed by atoms with Crippen molar-refractivity contribution in [3.05, 3.63) is 29.8 Å². The molecule has 1 aromatic rings. The summed E-state index contributed by atoms with van der Waals surface area (Å²) in [4.78, 5) is 48.2. The van der Waals surface area contributed by atoms with Crippen molar-refractivity contribution >= 4 is 29.4 Å². The molecule has 1 N–H and O–H groups in total. The first-order valence-electron chi connectivity index (χ1n) is 7.13. The van der Waals surface area contributed by atoms with E-state index in [0.717, 1.165) is 4.90 Å². The highest BCUT2D eigenvalue weighted by molar-refractivity contribution is 6.19. The number of carbonyl (C=O) groups is 4. The molecule has 122 valence electrons. The van der Waals surface area contributed by atoms with Gasteiger partial charge in [-0.05, 0) is 38.1 Å². The minimum atomic E-state index is -1.16. The van der Waals surface area contributed by atoms with Gasteiger partial charge in [-0.25, -0.2) is 4.79 Å². The maximum atomic E-state index is 12.2. The molecule has 1 aliphatic rings. The Balaban J connectivity index is 2.13. The van der Waals surface area contributed by atoms with Crippen molar-refractivity contribution in [1.82, 2.24) is 5.32 Å². The average molecular weight is 318 g/mol. The average Bonchev–Trinajstić information content (AvgIpc) is 2.85. The maximum absolute atomic E-state index is 12.2. The molecule has 3 amide bonds. The molecule has 1 fully saturated rings. The van der Waals surface area contributed by atoms with E-state index in [-0.39, 0.29) is 24.7 Å². The molecule has 0 atom stereocenters. The Hall–Kier alpha value is -2.70. The largest absolute Gasteiger partial charge is 0.467 e. The van der Waals surface area contributed by atoms with Crippen LogP contribution in [0.25, 0.3) is 0 Å². The van der Waals surface area contributed by atoms with Gasteiger partial charge >= 0.3 is 5.97 Å². The van der Waals surface area contributed by atoms with E-state index in [1.807, 2.05) is 0 Å². The first-order chi connectivity index (χ1) is 10.8. The Morgan fingerprint density at radius 2 is 1.61 bits per heavy atom. The molecule has 0 aliphatic carbocycles. The first-order valence-corrected chi connectivity index (χ1v) is 7.13. The number of amides is 3. The lowest BCUT2D eigenvalue weighted by Gasteiger charge is -2.23. The molecule has 7 heteroatoms. The van der Waals surface area contributed by atoms with Gasteiger partial charge in [-0.1, -0.05) is 0 Å². The number of ether oxygens (including phenoxy) is 1. The number of rotatable bonds is 4. The molecule has 1 aromatic carbocycles. The molecule has 0 aromatic heterocycles. The van der Waals surface area contributed by atoms with Gasteiger partial charge < -0.3 is 10.1 Å². The summed E-state index contributed by atoms with van der Waals surface area (Å²) in [6.07, 6.45) is 0.406. The number of hydrogen-bond donors (Lipinski definition) is 1. The van der Waals surface area contributed by atoms with Gasteiger partial charge in [0.25, 0.3) is 5.91 Å². The van der Waals surface area contributed by atoms with E-state index >= 15 is 0 Å². The van der Waals surface area contributed by atoms with E-state index in [0.29, 0.717) is 11.3 Å². The number of esters is 1. The van der Waals surface area contributed by atoms with E-state index < -0.39 is 17.4 Å². The van der Waals surface area contributed by atoms with Gasteiger partial charge in [0, 0.05) is 18.4 Å². The molecule has 1 saturated heterocycles. The maximum Gasteiger partial charge on any atom is 0.330 e. The second-order valence-corrected chi connectivity index (χ2v) is 5.74. The van der Waals surface area contributed by atoms with Crippen LogP contribution in [-0.4, -0.2) is 36.3 Å². The third-order valence-corrected chi connectivity index (χ3v) is 3.56. The minimum Gasteiger partial charge on any atom is -0.467 e. The van der Waals surface area contributed by atoms with Gasteiger partial charge in [0.1, 0.15) is 5.54 Å². The molecule has 0 spiro atoms. The monoisotopic (exact) mass is 318 g/mol. The smallest absolute Gasteiger partial charge is 0.330 e. The number of anilines is 1. The van der Waals surface area contributed by atoms with Gasteiger partial charge in [0.15, 0.2) is 0 Å². The molecule has 0 bridgehead atoms. The summed E-state index contributed by atoms with van der Waals surface area (Å²) in [5.41, 5.74) is -0.420. The summed E-state index contributed by atoms with van der Waals surface area (Å²) in [6, 6.07) is 6.05. The Bertz CT molecular complexity index is 648. The Morgan fingerprint density at radius 3 is 2.09 bits per heavy atom. The predicted octanol–water partition coefficient (Wildman–Crippen LogP) is 1.02. The van der Waals surface area contributed by atoms with Crippen LogP contribution in [-0.2, 0) is 19.1 Å². The topological polar surface area (TPSA) is 92.8 Å². The van der Waals surface area contributed by atoms with Gasteiger partial charge in [-0.2, -0.15) is 0 Å². The number of nitrogens with one attached hydrogen (secondary N) is 1. The van der Waals surface area contributed by atoms with Crippen LogP contribution in [0.5, 0.6) is 0 Å². The Morgan fingerprint density at radius 1 is 1.09 bits per heavy atom. The van der Waals surface area contributed by atoms with Crippen molar-refractivity contribution in [2.75, 3.05) is 12.0 Å². The van der Waals surface area contributed by atoms with E-state index in [2.05, 4.69) is 10.1 Å². The highest BCUT2D eigenvalue weighted by atomic mass is 16.5. The quantitative estimate of drug-likeness (QED) is 0.661. The molecule has 0 saturated carbocycles. The van der Waals surface area contributed by atoms with Crippen molar-refractivity contribution in [3.8, 4) is 0 Å². The van der Waals surface area contributed by atoms with Gasteiger partial charge in [0.05, 0.1) is 12.8 Å². The van der Waals surface area contributed by atoms with Crippen molar-refractivity contribution in [2.24, 2.45) is 0 Å². The summed E-state index contributed by atoms with van der Waals surface area (Å²) < 4.78 is 4.63. The second kappa shape index (κ2) is 6.20. The third kappa shape index (κ3) is 3.39. The van der Waals surface area contributed by atoms with E-state index in [1.165, 1.54) is 45.2 Å². The van der Waals surface area contributed by atoms with Crippen LogP contribution in [0.15, 0.2) is 24.3 Å². The molecule has 7 nitrogen and oxygen atoms in total. The molecule has 23 heavy (non-hydrogen) atoms. The van der Waals surface area contributed by atoms with E-state index in [4.69, 9.17) is 0 Å². The van der Waals surface area contributed by atoms with Crippen LogP contribution in [0.4, 0.5) is 5.69 Å². The van der Waals surface area contributed by atoms with Crippen molar-refractivity contribution in [1.29, 1.82) is 0 Å². The molecular weight excluding hydrogens is 300 g/mol. The number of methoxy groups -OCH3 is 1. The normalized spacial score (nSPS) is 14.8. The zero-order chi connectivity index (χ0) is 17.2. The number of nitrogens with zero attached hydrogens (tertiary/aromatic N) is 1. The molecule has 1 aliphatic heterocycles. The second-order valence-electron chi connectivity index (χ2n) is 5.74. The van der Waals surface area contributed by atoms with Crippen LogP contribution in [0.1, 0.15) is 37.0 Å². The zero-order valence-corrected chi connectivity index (χ0v) is 13.2. The highest BCUT2D eigenvalue weighted by Gasteiger charge is 2.32. The summed E-state index contributed by atoms with van der Waals surface area (Å²) in [6.45, 7) is 3.07. The number of imide groups is 1. The standard InChI is InChI=1S/C16H18N2O5/c1-16(2,15(22)23-3)17-14(21)10-4-6-11(7-5-10)18-12(19)8-9-13(18)20/h4-7H,8-9H2,1-3H3,(H,17,21). The van der Waals surface area contributed by atoms with Crippen LogP contribution in [0, 0.1) is 0 Å². The minimum absolute atomic E-state index is 0.203. The number of benzene rings is 1. The van der Waals surface area contributed by atoms with Crippen LogP contribution in [0.2, 0.25) is 0 Å².